The molecule has 3 aromatic carbocycles. The van der Waals surface area contributed by atoms with Crippen molar-refractivity contribution >= 4 is 38.9 Å². The van der Waals surface area contributed by atoms with Crippen molar-refractivity contribution in [2.45, 2.75) is 11.8 Å². The first kappa shape index (κ1) is 24.1. The van der Waals surface area contributed by atoms with E-state index in [2.05, 4.69) is 15.2 Å². The molecule has 0 saturated heterocycles. The lowest BCUT2D eigenvalue weighted by Crippen LogP contribution is -2.20. The molecule has 8 nitrogen and oxygen atoms in total. The van der Waals surface area contributed by atoms with Gasteiger partial charge in [0.05, 0.1) is 24.8 Å². The van der Waals surface area contributed by atoms with Gasteiger partial charge in [-0.15, -0.1) is 0 Å². The molecule has 0 radical (unpaired) electrons. The van der Waals surface area contributed by atoms with Crippen LogP contribution in [-0.2, 0) is 10.0 Å². The molecule has 3 rings (SSSR count). The summed E-state index contributed by atoms with van der Waals surface area (Å²) in [7, 11) is -0.839. The standard InChI is InChI=1S/C23H22ClN3O5S/c1-15(16-7-12-21(31-2)22(14-16)32-3)25-26-23(28)17-5-4-6-20(13-17)33(29,30)27-19-10-8-18(24)9-11-19/h4-14,27H,1-3H3,(H,26,28)/b25-15+. The molecule has 0 aromatic heterocycles. The van der Waals surface area contributed by atoms with Gasteiger partial charge in [-0.1, -0.05) is 17.7 Å². The van der Waals surface area contributed by atoms with Gasteiger partial charge in [0, 0.05) is 21.8 Å². The number of carbonyl (C=O) groups is 1. The highest BCUT2D eigenvalue weighted by molar-refractivity contribution is 7.92. The van der Waals surface area contributed by atoms with Crippen molar-refractivity contribution in [1.29, 1.82) is 0 Å². The first-order valence-corrected chi connectivity index (χ1v) is 11.5. The summed E-state index contributed by atoms with van der Waals surface area (Å²) >= 11 is 5.83. The van der Waals surface area contributed by atoms with E-state index in [4.69, 9.17) is 21.1 Å². The molecule has 0 saturated carbocycles. The van der Waals surface area contributed by atoms with E-state index in [0.29, 0.717) is 27.9 Å². The van der Waals surface area contributed by atoms with Gasteiger partial charge in [-0.05, 0) is 67.6 Å². The summed E-state index contributed by atoms with van der Waals surface area (Å²) in [4.78, 5) is 12.5. The zero-order chi connectivity index (χ0) is 24.0. The lowest BCUT2D eigenvalue weighted by molar-refractivity contribution is 0.0954. The SMILES string of the molecule is COc1ccc(/C(C)=N/NC(=O)c2cccc(S(=O)(=O)Nc3ccc(Cl)cc3)c2)cc1OC. The van der Waals surface area contributed by atoms with Crippen LogP contribution in [0.4, 0.5) is 5.69 Å². The summed E-state index contributed by atoms with van der Waals surface area (Å²) in [5, 5.41) is 4.60. The molecule has 10 heteroatoms. The number of hydrazone groups is 1. The number of benzene rings is 3. The Balaban J connectivity index is 1.76. The van der Waals surface area contributed by atoms with Gasteiger partial charge < -0.3 is 9.47 Å². The third-order valence-electron chi connectivity index (χ3n) is 4.63. The molecule has 0 spiro atoms. The normalized spacial score (nSPS) is 11.6. The second-order valence-electron chi connectivity index (χ2n) is 6.85. The van der Waals surface area contributed by atoms with Gasteiger partial charge in [0.2, 0.25) is 0 Å². The van der Waals surface area contributed by atoms with Crippen LogP contribution in [0.1, 0.15) is 22.8 Å². The molecule has 0 aliphatic rings. The van der Waals surface area contributed by atoms with Crippen LogP contribution in [0, 0.1) is 0 Å². The predicted molar refractivity (Wildman–Crippen MR) is 128 cm³/mol. The van der Waals surface area contributed by atoms with Crippen LogP contribution in [0.25, 0.3) is 0 Å². The van der Waals surface area contributed by atoms with Crippen molar-refractivity contribution in [1.82, 2.24) is 5.43 Å². The van der Waals surface area contributed by atoms with Crippen LogP contribution < -0.4 is 19.6 Å². The number of nitrogens with one attached hydrogen (secondary N) is 2. The minimum Gasteiger partial charge on any atom is -0.493 e. The van der Waals surface area contributed by atoms with Gasteiger partial charge in [0.1, 0.15) is 0 Å². The number of hydrogen-bond acceptors (Lipinski definition) is 6. The number of methoxy groups -OCH3 is 2. The van der Waals surface area contributed by atoms with Gasteiger partial charge in [-0.2, -0.15) is 5.10 Å². The highest BCUT2D eigenvalue weighted by Gasteiger charge is 2.17. The van der Waals surface area contributed by atoms with Crippen molar-refractivity contribution in [3.05, 3.63) is 82.9 Å². The van der Waals surface area contributed by atoms with E-state index in [1.54, 1.807) is 49.4 Å². The fourth-order valence-electron chi connectivity index (χ4n) is 2.86. The lowest BCUT2D eigenvalue weighted by atomic mass is 10.1. The monoisotopic (exact) mass is 487 g/mol. The molecule has 0 aliphatic heterocycles. The summed E-state index contributed by atoms with van der Waals surface area (Å²) in [6.07, 6.45) is 0. The van der Waals surface area contributed by atoms with Gasteiger partial charge in [-0.25, -0.2) is 13.8 Å². The first-order valence-electron chi connectivity index (χ1n) is 9.69. The van der Waals surface area contributed by atoms with E-state index in [0.717, 1.165) is 5.56 Å². The third kappa shape index (κ3) is 6.03. The van der Waals surface area contributed by atoms with Crippen molar-refractivity contribution in [2.24, 2.45) is 5.10 Å². The summed E-state index contributed by atoms with van der Waals surface area (Å²) in [5.74, 6) is 0.545. The van der Waals surface area contributed by atoms with E-state index < -0.39 is 15.9 Å². The van der Waals surface area contributed by atoms with Crippen LogP contribution in [0.3, 0.4) is 0 Å². The maximum absolute atomic E-state index is 12.7. The van der Waals surface area contributed by atoms with Crippen LogP contribution in [0.2, 0.25) is 5.02 Å². The van der Waals surface area contributed by atoms with E-state index >= 15 is 0 Å². The van der Waals surface area contributed by atoms with Crippen molar-refractivity contribution in [2.75, 3.05) is 18.9 Å². The molecular formula is C23H22ClN3O5S. The number of nitrogens with zero attached hydrogens (tertiary/aromatic N) is 1. The molecule has 3 aromatic rings. The van der Waals surface area contributed by atoms with Crippen LogP contribution in [0.15, 0.2) is 76.7 Å². The number of sulfonamides is 1. The number of halogens is 1. The summed E-state index contributed by atoms with van der Waals surface area (Å²) in [6.45, 7) is 1.72. The molecule has 0 bridgehead atoms. The highest BCUT2D eigenvalue weighted by atomic mass is 35.5. The molecule has 1 amide bonds. The van der Waals surface area contributed by atoms with Crippen LogP contribution in [0.5, 0.6) is 11.5 Å². The zero-order valence-electron chi connectivity index (χ0n) is 18.1. The molecule has 0 fully saturated rings. The van der Waals surface area contributed by atoms with Gasteiger partial charge >= 0.3 is 0 Å². The Bertz CT molecular complexity index is 1290. The quantitative estimate of drug-likeness (QED) is 0.363. The average molecular weight is 488 g/mol. The summed E-state index contributed by atoms with van der Waals surface area (Å²) in [6, 6.07) is 17.1. The summed E-state index contributed by atoms with van der Waals surface area (Å²) in [5.41, 5.74) is 4.18. The Morgan fingerprint density at radius 2 is 1.61 bits per heavy atom. The minimum atomic E-state index is -3.91. The maximum atomic E-state index is 12.7. The number of anilines is 1. The van der Waals surface area contributed by atoms with E-state index in [1.807, 2.05) is 0 Å². The zero-order valence-corrected chi connectivity index (χ0v) is 19.7. The third-order valence-corrected chi connectivity index (χ3v) is 6.26. The highest BCUT2D eigenvalue weighted by Crippen LogP contribution is 2.27. The molecule has 0 atom stereocenters. The largest absolute Gasteiger partial charge is 0.493 e. The van der Waals surface area contributed by atoms with Gasteiger partial charge in [-0.3, -0.25) is 9.52 Å². The lowest BCUT2D eigenvalue weighted by Gasteiger charge is -2.10. The molecule has 0 heterocycles. The van der Waals surface area contributed by atoms with Crippen LogP contribution >= 0.6 is 11.6 Å². The smallest absolute Gasteiger partial charge is 0.271 e. The topological polar surface area (TPSA) is 106 Å². The second kappa shape index (κ2) is 10.4. The average Bonchev–Trinajstić information content (AvgIpc) is 2.83. The Hall–Kier alpha value is -3.56. The Morgan fingerprint density at radius 1 is 0.909 bits per heavy atom. The number of amides is 1. The van der Waals surface area contributed by atoms with Gasteiger partial charge in [0.25, 0.3) is 15.9 Å². The Kier molecular flexibility index (Phi) is 7.57. The van der Waals surface area contributed by atoms with Gasteiger partial charge in [0.15, 0.2) is 11.5 Å². The number of rotatable bonds is 8. The molecule has 172 valence electrons. The molecule has 0 aliphatic carbocycles. The maximum Gasteiger partial charge on any atom is 0.271 e. The van der Waals surface area contributed by atoms with Crippen molar-refractivity contribution < 1.29 is 22.7 Å². The summed E-state index contributed by atoms with van der Waals surface area (Å²) < 4.78 is 38.3. The molecule has 33 heavy (non-hydrogen) atoms. The molecule has 0 unspecified atom stereocenters. The van der Waals surface area contributed by atoms with E-state index in [1.165, 1.54) is 38.5 Å². The van der Waals surface area contributed by atoms with Crippen molar-refractivity contribution in [3.8, 4) is 11.5 Å². The second-order valence-corrected chi connectivity index (χ2v) is 8.97. The number of ether oxygens (including phenoxy) is 2. The predicted octanol–water partition coefficient (Wildman–Crippen LogP) is 4.31. The molecule has 2 N–H and O–H groups in total. The number of hydrogen-bond donors (Lipinski definition) is 2. The van der Waals surface area contributed by atoms with E-state index in [-0.39, 0.29) is 10.5 Å². The molecular weight excluding hydrogens is 466 g/mol. The fraction of sp³-hybridized carbons (Fsp3) is 0.130. The Labute approximate surface area is 197 Å². The first-order chi connectivity index (χ1) is 15.7. The number of carbonyl (C=O) groups excluding carboxylic acids is 1. The van der Waals surface area contributed by atoms with Crippen molar-refractivity contribution in [3.63, 3.8) is 0 Å². The fourth-order valence-corrected chi connectivity index (χ4v) is 4.09. The Morgan fingerprint density at radius 3 is 2.27 bits per heavy atom. The minimum absolute atomic E-state index is 0.0642. The van der Waals surface area contributed by atoms with Crippen LogP contribution in [-0.4, -0.2) is 34.3 Å². The van der Waals surface area contributed by atoms with E-state index in [9.17, 15) is 13.2 Å².